The Bertz CT molecular complexity index is 454. The SMILES string of the molecule is NCC1(N2CCCCC2)CCCc2cc(F)ccc21. The summed E-state index contributed by atoms with van der Waals surface area (Å²) in [4.78, 5) is 2.56. The zero-order valence-electron chi connectivity index (χ0n) is 11.5. The minimum absolute atomic E-state index is 0.0400. The molecule has 0 radical (unpaired) electrons. The zero-order chi connectivity index (χ0) is 13.3. The molecule has 0 bridgehead atoms. The number of fused-ring (bicyclic) bond motifs is 1. The summed E-state index contributed by atoms with van der Waals surface area (Å²) in [5.41, 5.74) is 8.60. The molecule has 1 atom stereocenters. The predicted octanol–water partition coefficient (Wildman–Crippen LogP) is 2.80. The molecule has 3 heteroatoms. The molecule has 1 aliphatic heterocycles. The van der Waals surface area contributed by atoms with E-state index in [1.807, 2.05) is 6.07 Å². The minimum Gasteiger partial charge on any atom is -0.328 e. The molecule has 19 heavy (non-hydrogen) atoms. The van der Waals surface area contributed by atoms with Crippen molar-refractivity contribution in [2.75, 3.05) is 19.6 Å². The first kappa shape index (κ1) is 13.1. The summed E-state index contributed by atoms with van der Waals surface area (Å²) in [6, 6.07) is 5.28. The van der Waals surface area contributed by atoms with Gasteiger partial charge in [-0.25, -0.2) is 4.39 Å². The van der Waals surface area contributed by atoms with Gasteiger partial charge in [-0.15, -0.1) is 0 Å². The highest BCUT2D eigenvalue weighted by Crippen LogP contribution is 2.41. The summed E-state index contributed by atoms with van der Waals surface area (Å²) in [5, 5.41) is 0. The third-order valence-corrected chi connectivity index (χ3v) is 4.90. The number of aryl methyl sites for hydroxylation is 1. The summed E-state index contributed by atoms with van der Waals surface area (Å²) in [6.45, 7) is 2.91. The molecule has 0 spiro atoms. The van der Waals surface area contributed by atoms with Crippen LogP contribution in [0.5, 0.6) is 0 Å². The van der Waals surface area contributed by atoms with Crippen molar-refractivity contribution in [1.82, 2.24) is 4.90 Å². The van der Waals surface area contributed by atoms with Crippen LogP contribution in [-0.2, 0) is 12.0 Å². The van der Waals surface area contributed by atoms with Crippen LogP contribution in [0.1, 0.15) is 43.2 Å². The van der Waals surface area contributed by atoms with E-state index in [9.17, 15) is 4.39 Å². The number of nitrogens with two attached hydrogens (primary N) is 1. The van der Waals surface area contributed by atoms with Gasteiger partial charge >= 0.3 is 0 Å². The Morgan fingerprint density at radius 1 is 1.16 bits per heavy atom. The van der Waals surface area contributed by atoms with Crippen molar-refractivity contribution in [2.24, 2.45) is 5.73 Å². The van der Waals surface area contributed by atoms with Crippen molar-refractivity contribution in [2.45, 2.75) is 44.1 Å². The number of rotatable bonds is 2. The molecule has 1 saturated heterocycles. The molecule has 1 unspecified atom stereocenters. The van der Waals surface area contributed by atoms with Crippen molar-refractivity contribution in [3.05, 3.63) is 35.1 Å². The van der Waals surface area contributed by atoms with Gasteiger partial charge in [-0.05, 0) is 68.5 Å². The summed E-state index contributed by atoms with van der Waals surface area (Å²) in [6.07, 6.45) is 7.07. The highest BCUT2D eigenvalue weighted by molar-refractivity contribution is 5.37. The van der Waals surface area contributed by atoms with E-state index in [4.69, 9.17) is 5.73 Å². The van der Waals surface area contributed by atoms with Crippen LogP contribution in [0.2, 0.25) is 0 Å². The van der Waals surface area contributed by atoms with E-state index in [0.29, 0.717) is 6.54 Å². The van der Waals surface area contributed by atoms with Crippen LogP contribution in [0, 0.1) is 5.82 Å². The Balaban J connectivity index is 2.02. The van der Waals surface area contributed by atoms with E-state index in [1.54, 1.807) is 12.1 Å². The molecule has 1 aliphatic carbocycles. The van der Waals surface area contributed by atoms with Crippen molar-refractivity contribution in [1.29, 1.82) is 0 Å². The Kier molecular flexibility index (Phi) is 3.59. The molecule has 0 aromatic heterocycles. The maximum atomic E-state index is 13.4. The molecule has 104 valence electrons. The number of likely N-dealkylation sites (tertiary alicyclic amines) is 1. The highest BCUT2D eigenvalue weighted by Gasteiger charge is 2.40. The van der Waals surface area contributed by atoms with Crippen LogP contribution in [0.25, 0.3) is 0 Å². The van der Waals surface area contributed by atoms with Gasteiger partial charge in [0, 0.05) is 6.54 Å². The van der Waals surface area contributed by atoms with Crippen molar-refractivity contribution in [3.8, 4) is 0 Å². The minimum atomic E-state index is -0.120. The molecule has 1 aromatic rings. The first-order valence-electron chi connectivity index (χ1n) is 7.50. The molecule has 0 amide bonds. The fraction of sp³-hybridized carbons (Fsp3) is 0.625. The maximum Gasteiger partial charge on any atom is 0.123 e. The molecule has 1 aromatic carbocycles. The third kappa shape index (κ3) is 2.19. The van der Waals surface area contributed by atoms with Crippen molar-refractivity contribution < 1.29 is 4.39 Å². The topological polar surface area (TPSA) is 29.3 Å². The number of halogens is 1. The summed E-state index contributed by atoms with van der Waals surface area (Å²) in [5.74, 6) is -0.120. The van der Waals surface area contributed by atoms with Gasteiger partial charge in [-0.2, -0.15) is 0 Å². The fourth-order valence-corrected chi connectivity index (χ4v) is 3.92. The van der Waals surface area contributed by atoms with Gasteiger partial charge in [0.15, 0.2) is 0 Å². The number of hydrogen-bond donors (Lipinski definition) is 1. The first-order valence-corrected chi connectivity index (χ1v) is 7.50. The lowest BCUT2D eigenvalue weighted by Crippen LogP contribution is -2.54. The molecular formula is C16H23FN2. The molecule has 3 rings (SSSR count). The molecule has 2 N–H and O–H groups in total. The molecule has 2 aliphatic rings. The Hall–Kier alpha value is -0.930. The normalized spacial score (nSPS) is 28.1. The summed E-state index contributed by atoms with van der Waals surface area (Å²) in [7, 11) is 0. The van der Waals surface area contributed by atoms with E-state index >= 15 is 0 Å². The number of piperidine rings is 1. The molecule has 0 saturated carbocycles. The lowest BCUT2D eigenvalue weighted by Gasteiger charge is -2.48. The second-order valence-electron chi connectivity index (χ2n) is 5.94. The van der Waals surface area contributed by atoms with Gasteiger partial charge in [-0.1, -0.05) is 12.5 Å². The van der Waals surface area contributed by atoms with Gasteiger partial charge in [0.05, 0.1) is 5.54 Å². The van der Waals surface area contributed by atoms with Crippen LogP contribution >= 0.6 is 0 Å². The standard InChI is InChI=1S/C16H23FN2/c17-14-6-7-15-13(11-14)5-4-8-16(15,12-18)19-9-2-1-3-10-19/h6-7,11H,1-5,8-10,12,18H2. The summed E-state index contributed by atoms with van der Waals surface area (Å²) < 4.78 is 13.4. The molecule has 1 fully saturated rings. The molecule has 1 heterocycles. The Morgan fingerprint density at radius 3 is 2.68 bits per heavy atom. The van der Waals surface area contributed by atoms with E-state index in [-0.39, 0.29) is 11.4 Å². The predicted molar refractivity (Wildman–Crippen MR) is 75.5 cm³/mol. The van der Waals surface area contributed by atoms with Crippen LogP contribution in [-0.4, -0.2) is 24.5 Å². The average Bonchev–Trinajstić information content (AvgIpc) is 2.47. The Morgan fingerprint density at radius 2 is 1.95 bits per heavy atom. The van der Waals surface area contributed by atoms with Crippen LogP contribution < -0.4 is 5.73 Å². The van der Waals surface area contributed by atoms with E-state index in [0.717, 1.165) is 32.4 Å². The fourth-order valence-electron chi connectivity index (χ4n) is 3.92. The lowest BCUT2D eigenvalue weighted by atomic mass is 9.74. The van der Waals surface area contributed by atoms with Crippen LogP contribution in [0.3, 0.4) is 0 Å². The highest BCUT2D eigenvalue weighted by atomic mass is 19.1. The average molecular weight is 262 g/mol. The first-order chi connectivity index (χ1) is 9.26. The van der Waals surface area contributed by atoms with Gasteiger partial charge in [0.2, 0.25) is 0 Å². The number of nitrogens with zero attached hydrogens (tertiary/aromatic N) is 1. The quantitative estimate of drug-likeness (QED) is 0.888. The van der Waals surface area contributed by atoms with E-state index < -0.39 is 0 Å². The lowest BCUT2D eigenvalue weighted by molar-refractivity contribution is 0.0545. The second kappa shape index (κ2) is 5.22. The monoisotopic (exact) mass is 262 g/mol. The van der Waals surface area contributed by atoms with Gasteiger partial charge < -0.3 is 5.73 Å². The maximum absolute atomic E-state index is 13.4. The van der Waals surface area contributed by atoms with Gasteiger partial charge in [0.1, 0.15) is 5.82 Å². The second-order valence-corrected chi connectivity index (χ2v) is 5.94. The van der Waals surface area contributed by atoms with Gasteiger partial charge in [0.25, 0.3) is 0 Å². The number of hydrogen-bond acceptors (Lipinski definition) is 2. The molecule has 2 nitrogen and oxygen atoms in total. The zero-order valence-corrected chi connectivity index (χ0v) is 11.5. The third-order valence-electron chi connectivity index (χ3n) is 4.90. The van der Waals surface area contributed by atoms with Gasteiger partial charge in [-0.3, -0.25) is 4.90 Å². The van der Waals surface area contributed by atoms with Crippen LogP contribution in [0.15, 0.2) is 18.2 Å². The largest absolute Gasteiger partial charge is 0.328 e. The Labute approximate surface area is 114 Å². The van der Waals surface area contributed by atoms with Crippen LogP contribution in [0.4, 0.5) is 4.39 Å². The summed E-state index contributed by atoms with van der Waals surface area (Å²) >= 11 is 0. The smallest absolute Gasteiger partial charge is 0.123 e. The van der Waals surface area contributed by atoms with E-state index in [1.165, 1.54) is 30.4 Å². The van der Waals surface area contributed by atoms with Crippen molar-refractivity contribution >= 4 is 0 Å². The van der Waals surface area contributed by atoms with E-state index in [2.05, 4.69) is 4.90 Å². The van der Waals surface area contributed by atoms with Crippen molar-refractivity contribution in [3.63, 3.8) is 0 Å². The number of benzene rings is 1. The molecular weight excluding hydrogens is 239 g/mol.